The third-order valence-corrected chi connectivity index (χ3v) is 2.98. The molecule has 3 aromatic rings. The summed E-state index contributed by atoms with van der Waals surface area (Å²) in [5.74, 6) is 1.24. The average Bonchev–Trinajstić information content (AvgIpc) is 2.97. The number of hydrogen-bond acceptors (Lipinski definition) is 5. The molecule has 3 rings (SSSR count). The van der Waals surface area contributed by atoms with Crippen LogP contribution in [0.3, 0.4) is 0 Å². The Kier molecular flexibility index (Phi) is 3.22. The quantitative estimate of drug-likeness (QED) is 0.776. The van der Waals surface area contributed by atoms with Crippen molar-refractivity contribution in [3.63, 3.8) is 0 Å². The normalized spacial score (nSPS) is 10.7. The summed E-state index contributed by atoms with van der Waals surface area (Å²) in [6.45, 7) is 2.42. The molecule has 1 aromatic carbocycles. The Morgan fingerprint density at radius 3 is 2.70 bits per heavy atom. The predicted molar refractivity (Wildman–Crippen MR) is 75.0 cm³/mol. The Morgan fingerprint density at radius 2 is 2.00 bits per heavy atom. The fraction of sp³-hybridized carbons (Fsp3) is 0.143. The lowest BCUT2D eigenvalue weighted by Crippen LogP contribution is -2.06. The van der Waals surface area contributed by atoms with Crippen molar-refractivity contribution in [1.82, 2.24) is 25.2 Å². The second-order valence-corrected chi connectivity index (χ2v) is 4.46. The van der Waals surface area contributed by atoms with E-state index in [1.54, 1.807) is 6.20 Å². The first-order valence-electron chi connectivity index (χ1n) is 6.29. The van der Waals surface area contributed by atoms with Gasteiger partial charge in [0.1, 0.15) is 0 Å². The van der Waals surface area contributed by atoms with Gasteiger partial charge >= 0.3 is 0 Å². The number of aromatic nitrogens is 5. The molecule has 0 unspecified atom stereocenters. The van der Waals surface area contributed by atoms with Crippen molar-refractivity contribution in [3.8, 4) is 17.2 Å². The van der Waals surface area contributed by atoms with Crippen molar-refractivity contribution in [2.75, 3.05) is 0 Å². The van der Waals surface area contributed by atoms with Gasteiger partial charge < -0.3 is 5.73 Å². The van der Waals surface area contributed by atoms with Gasteiger partial charge in [-0.1, -0.05) is 30.3 Å². The highest BCUT2D eigenvalue weighted by Crippen LogP contribution is 2.15. The van der Waals surface area contributed by atoms with Crippen LogP contribution in [0.25, 0.3) is 17.2 Å². The Hall–Kier alpha value is -2.60. The Bertz CT molecular complexity index is 720. The SMILES string of the molecule is Cc1cc(CN)cnc1-n1nnc(-c2ccccc2)n1. The maximum absolute atomic E-state index is 5.60. The molecule has 0 fully saturated rings. The van der Waals surface area contributed by atoms with Crippen molar-refractivity contribution < 1.29 is 0 Å². The van der Waals surface area contributed by atoms with E-state index in [0.29, 0.717) is 18.2 Å². The molecule has 0 saturated carbocycles. The summed E-state index contributed by atoms with van der Waals surface area (Å²) in [7, 11) is 0. The minimum Gasteiger partial charge on any atom is -0.326 e. The van der Waals surface area contributed by atoms with Crippen LogP contribution in [-0.4, -0.2) is 25.2 Å². The van der Waals surface area contributed by atoms with Gasteiger partial charge in [-0.05, 0) is 29.3 Å². The highest BCUT2D eigenvalue weighted by Gasteiger charge is 2.10. The molecule has 0 atom stereocenters. The molecule has 0 aliphatic carbocycles. The molecule has 0 bridgehead atoms. The number of nitrogens with zero attached hydrogens (tertiary/aromatic N) is 5. The smallest absolute Gasteiger partial charge is 0.205 e. The van der Waals surface area contributed by atoms with E-state index in [9.17, 15) is 0 Å². The minimum absolute atomic E-state index is 0.466. The molecule has 100 valence electrons. The van der Waals surface area contributed by atoms with Gasteiger partial charge in [0.25, 0.3) is 0 Å². The monoisotopic (exact) mass is 266 g/mol. The maximum Gasteiger partial charge on any atom is 0.205 e. The second kappa shape index (κ2) is 5.18. The van der Waals surface area contributed by atoms with Crippen LogP contribution < -0.4 is 5.73 Å². The summed E-state index contributed by atoms with van der Waals surface area (Å²) in [5.41, 5.74) is 8.47. The molecule has 2 heterocycles. The number of rotatable bonds is 3. The van der Waals surface area contributed by atoms with Crippen LogP contribution in [-0.2, 0) is 6.54 Å². The van der Waals surface area contributed by atoms with Gasteiger partial charge in [0.05, 0.1) is 0 Å². The van der Waals surface area contributed by atoms with Gasteiger partial charge in [0.15, 0.2) is 5.82 Å². The predicted octanol–water partition coefficient (Wildman–Crippen LogP) is 1.49. The van der Waals surface area contributed by atoms with E-state index in [1.807, 2.05) is 43.3 Å². The summed E-state index contributed by atoms with van der Waals surface area (Å²) in [5, 5.41) is 12.5. The molecule has 20 heavy (non-hydrogen) atoms. The lowest BCUT2D eigenvalue weighted by molar-refractivity contribution is 0.694. The van der Waals surface area contributed by atoms with Crippen LogP contribution in [0.4, 0.5) is 0 Å². The van der Waals surface area contributed by atoms with Crippen molar-refractivity contribution in [2.45, 2.75) is 13.5 Å². The fourth-order valence-electron chi connectivity index (χ4n) is 1.95. The number of nitrogens with two attached hydrogens (primary N) is 1. The van der Waals surface area contributed by atoms with E-state index in [-0.39, 0.29) is 0 Å². The molecule has 0 aliphatic heterocycles. The molecule has 6 heteroatoms. The van der Waals surface area contributed by atoms with Crippen molar-refractivity contribution in [2.24, 2.45) is 5.73 Å². The average molecular weight is 266 g/mol. The van der Waals surface area contributed by atoms with E-state index < -0.39 is 0 Å². The van der Waals surface area contributed by atoms with Crippen LogP contribution in [0.1, 0.15) is 11.1 Å². The Labute approximate surface area is 116 Å². The third kappa shape index (κ3) is 2.28. The standard InChI is InChI=1S/C14H14N6/c1-10-7-11(8-15)9-16-14(10)20-18-13(17-19-20)12-5-3-2-4-6-12/h2-7,9H,8,15H2,1H3. The van der Waals surface area contributed by atoms with E-state index in [0.717, 1.165) is 16.7 Å². The van der Waals surface area contributed by atoms with Crippen LogP contribution in [0.15, 0.2) is 42.6 Å². The first-order valence-corrected chi connectivity index (χ1v) is 6.29. The molecule has 2 N–H and O–H groups in total. The van der Waals surface area contributed by atoms with Gasteiger partial charge in [-0.2, -0.15) is 0 Å². The molecule has 2 aromatic heterocycles. The Balaban J connectivity index is 1.98. The molecule has 0 spiro atoms. The molecule has 6 nitrogen and oxygen atoms in total. The summed E-state index contributed by atoms with van der Waals surface area (Å²) >= 11 is 0. The lowest BCUT2D eigenvalue weighted by Gasteiger charge is -2.04. The number of benzene rings is 1. The zero-order valence-electron chi connectivity index (χ0n) is 11.1. The van der Waals surface area contributed by atoms with E-state index >= 15 is 0 Å². The number of tetrazole rings is 1. The third-order valence-electron chi connectivity index (χ3n) is 2.98. The molecular formula is C14H14N6. The highest BCUT2D eigenvalue weighted by atomic mass is 15.6. The zero-order valence-corrected chi connectivity index (χ0v) is 11.1. The van der Waals surface area contributed by atoms with Crippen LogP contribution in [0.5, 0.6) is 0 Å². The number of aryl methyl sites for hydroxylation is 1. The van der Waals surface area contributed by atoms with E-state index in [1.165, 1.54) is 4.80 Å². The van der Waals surface area contributed by atoms with Gasteiger partial charge in [0, 0.05) is 18.3 Å². The molecule has 0 radical (unpaired) electrons. The van der Waals surface area contributed by atoms with Crippen molar-refractivity contribution in [3.05, 3.63) is 53.7 Å². The second-order valence-electron chi connectivity index (χ2n) is 4.46. The van der Waals surface area contributed by atoms with Gasteiger partial charge in [0.2, 0.25) is 5.82 Å². The summed E-state index contributed by atoms with van der Waals surface area (Å²) in [4.78, 5) is 5.79. The van der Waals surface area contributed by atoms with Crippen LogP contribution >= 0.6 is 0 Å². The maximum atomic E-state index is 5.60. The van der Waals surface area contributed by atoms with Gasteiger partial charge in [-0.3, -0.25) is 0 Å². The van der Waals surface area contributed by atoms with Crippen LogP contribution in [0, 0.1) is 6.92 Å². The van der Waals surface area contributed by atoms with E-state index in [4.69, 9.17) is 5.73 Å². The zero-order chi connectivity index (χ0) is 13.9. The highest BCUT2D eigenvalue weighted by molar-refractivity contribution is 5.53. The number of pyridine rings is 1. The van der Waals surface area contributed by atoms with Gasteiger partial charge in [-0.15, -0.1) is 15.0 Å². The topological polar surface area (TPSA) is 82.5 Å². The van der Waals surface area contributed by atoms with Crippen molar-refractivity contribution >= 4 is 0 Å². The van der Waals surface area contributed by atoms with Crippen LogP contribution in [0.2, 0.25) is 0 Å². The first kappa shape index (κ1) is 12.4. The first-order chi connectivity index (χ1) is 9.78. The number of hydrogen-bond donors (Lipinski definition) is 1. The molecular weight excluding hydrogens is 252 g/mol. The molecule has 0 saturated heterocycles. The fourth-order valence-corrected chi connectivity index (χ4v) is 1.95. The molecule has 0 amide bonds. The summed E-state index contributed by atoms with van der Waals surface area (Å²) < 4.78 is 0. The summed E-state index contributed by atoms with van der Waals surface area (Å²) in [6.07, 6.45) is 1.73. The Morgan fingerprint density at radius 1 is 1.20 bits per heavy atom. The lowest BCUT2D eigenvalue weighted by atomic mass is 10.2. The summed E-state index contributed by atoms with van der Waals surface area (Å²) in [6, 6.07) is 11.7. The minimum atomic E-state index is 0.466. The largest absolute Gasteiger partial charge is 0.326 e. The van der Waals surface area contributed by atoms with Crippen molar-refractivity contribution in [1.29, 1.82) is 0 Å². The molecule has 0 aliphatic rings. The van der Waals surface area contributed by atoms with Gasteiger partial charge in [-0.25, -0.2) is 4.98 Å². The van der Waals surface area contributed by atoms with E-state index in [2.05, 4.69) is 20.4 Å².